The van der Waals surface area contributed by atoms with E-state index in [0.29, 0.717) is 11.3 Å². The molecule has 0 amide bonds. The second kappa shape index (κ2) is 8.20. The van der Waals surface area contributed by atoms with E-state index in [9.17, 15) is 19.8 Å². The Bertz CT molecular complexity index is 664. The summed E-state index contributed by atoms with van der Waals surface area (Å²) < 4.78 is 10.2. The van der Waals surface area contributed by atoms with E-state index in [2.05, 4.69) is 5.32 Å². The number of nitrogens with one attached hydrogen (secondary N) is 1. The number of carboxylic acid groups (broad SMARTS) is 1. The molecule has 0 aromatic heterocycles. The molecule has 1 unspecified atom stereocenters. The number of fused-ring (bicyclic) bond motifs is 1. The molecule has 130 valence electrons. The van der Waals surface area contributed by atoms with E-state index in [4.69, 9.17) is 21.7 Å². The van der Waals surface area contributed by atoms with Crippen molar-refractivity contribution in [3.8, 4) is 11.5 Å². The lowest BCUT2D eigenvalue weighted by atomic mass is 10.1. The van der Waals surface area contributed by atoms with Gasteiger partial charge in [0.1, 0.15) is 11.5 Å². The number of aromatic hydroxyl groups is 1. The number of phenols is 1. The van der Waals surface area contributed by atoms with E-state index >= 15 is 0 Å². The minimum atomic E-state index is -1.27. The lowest BCUT2D eigenvalue weighted by molar-refractivity contribution is -0.307. The molecule has 0 fully saturated rings. The van der Waals surface area contributed by atoms with Crippen molar-refractivity contribution in [2.75, 3.05) is 19.5 Å². The van der Waals surface area contributed by atoms with Crippen LogP contribution in [0.2, 0.25) is 0 Å². The molecule has 0 saturated heterocycles. The minimum Gasteiger partial charge on any atom is -0.548 e. The predicted octanol–water partition coefficient (Wildman–Crippen LogP) is 0.230. The Kier molecular flexibility index (Phi) is 6.27. The van der Waals surface area contributed by atoms with Gasteiger partial charge in [-0.1, -0.05) is 12.2 Å². The molecule has 0 bridgehead atoms. The maximum Gasteiger partial charge on any atom is 0.338 e. The molecule has 1 aliphatic heterocycles. The maximum atomic E-state index is 12.3. The Labute approximate surface area is 148 Å². The topological polar surface area (TPSA) is 108 Å². The standard InChI is InChI=1S/C15H17NO6S2/c1-21-8-4-9-10(12(17)5-8)6-24-7-11(14(18)19)16-13(23)2-3-22-15(9)20/h4-5,11,17H,2-3,6-7H2,1H3,(H,16,23)(H,18,19)/p-1. The van der Waals surface area contributed by atoms with E-state index < -0.39 is 18.0 Å². The molecular weight excluding hydrogens is 354 g/mol. The van der Waals surface area contributed by atoms with Crippen LogP contribution in [0.25, 0.3) is 0 Å². The second-order valence-corrected chi connectivity index (χ2v) is 6.54. The van der Waals surface area contributed by atoms with Crippen molar-refractivity contribution in [1.82, 2.24) is 5.32 Å². The lowest BCUT2D eigenvalue weighted by Crippen LogP contribution is -2.49. The van der Waals surface area contributed by atoms with E-state index in [0.717, 1.165) is 0 Å². The van der Waals surface area contributed by atoms with E-state index in [1.54, 1.807) is 0 Å². The number of aliphatic carboxylic acids is 1. The third kappa shape index (κ3) is 4.51. The fraction of sp³-hybridized carbons (Fsp3) is 0.400. The zero-order chi connectivity index (χ0) is 17.7. The first-order valence-electron chi connectivity index (χ1n) is 7.07. The van der Waals surface area contributed by atoms with Crippen molar-refractivity contribution < 1.29 is 29.3 Å². The van der Waals surface area contributed by atoms with Crippen molar-refractivity contribution >= 4 is 40.9 Å². The molecule has 0 saturated carbocycles. The van der Waals surface area contributed by atoms with Gasteiger partial charge in [0.15, 0.2) is 0 Å². The Balaban J connectivity index is 2.32. The van der Waals surface area contributed by atoms with Crippen molar-refractivity contribution in [1.29, 1.82) is 0 Å². The van der Waals surface area contributed by atoms with E-state index in [1.165, 1.54) is 31.0 Å². The Morgan fingerprint density at radius 2 is 2.29 bits per heavy atom. The highest BCUT2D eigenvalue weighted by Gasteiger charge is 2.21. The molecule has 0 aliphatic carbocycles. The number of benzene rings is 1. The monoisotopic (exact) mass is 370 g/mol. The van der Waals surface area contributed by atoms with Crippen molar-refractivity contribution in [3.63, 3.8) is 0 Å². The van der Waals surface area contributed by atoms with Gasteiger partial charge in [0.2, 0.25) is 0 Å². The highest BCUT2D eigenvalue weighted by atomic mass is 32.2. The SMILES string of the molecule is COc1cc(O)c2c(c1)C(=O)OCCC(=S)NC(C(=O)[O-])CSC2. The molecule has 1 atom stereocenters. The van der Waals surface area contributed by atoms with Crippen LogP contribution in [0, 0.1) is 0 Å². The molecule has 2 N–H and O–H groups in total. The van der Waals surface area contributed by atoms with Crippen LogP contribution in [0.15, 0.2) is 12.1 Å². The molecule has 9 heteroatoms. The largest absolute Gasteiger partial charge is 0.548 e. The number of carboxylic acids is 1. The molecular formula is C15H16NO6S2-. The predicted molar refractivity (Wildman–Crippen MR) is 90.2 cm³/mol. The van der Waals surface area contributed by atoms with Crippen LogP contribution < -0.4 is 15.2 Å². The van der Waals surface area contributed by atoms with Gasteiger partial charge >= 0.3 is 5.97 Å². The number of cyclic esters (lactones) is 1. The smallest absolute Gasteiger partial charge is 0.338 e. The second-order valence-electron chi connectivity index (χ2n) is 5.01. The highest BCUT2D eigenvalue weighted by Crippen LogP contribution is 2.32. The summed E-state index contributed by atoms with van der Waals surface area (Å²) in [5, 5.41) is 24.0. The lowest BCUT2D eigenvalue weighted by Gasteiger charge is -2.22. The van der Waals surface area contributed by atoms with Gasteiger partial charge < -0.3 is 29.8 Å². The first-order valence-corrected chi connectivity index (χ1v) is 8.63. The Hall–Kier alpha value is -2.00. The number of phenolic OH excluding ortho intramolecular Hbond substituents is 1. The number of thiocarbonyl (C=S) groups is 1. The van der Waals surface area contributed by atoms with Gasteiger partial charge in [0, 0.05) is 29.6 Å². The van der Waals surface area contributed by atoms with Crippen molar-refractivity contribution in [2.24, 2.45) is 0 Å². The number of esters is 1. The Morgan fingerprint density at radius 1 is 1.54 bits per heavy atom. The van der Waals surface area contributed by atoms with Gasteiger partial charge in [-0.05, 0) is 6.07 Å². The molecule has 1 aromatic rings. The van der Waals surface area contributed by atoms with Crippen LogP contribution >= 0.6 is 24.0 Å². The zero-order valence-corrected chi connectivity index (χ0v) is 14.5. The van der Waals surface area contributed by atoms with Gasteiger partial charge in [0.25, 0.3) is 0 Å². The number of ether oxygens (including phenoxy) is 2. The summed E-state index contributed by atoms with van der Waals surface area (Å²) in [6.07, 6.45) is 0.195. The number of thioether (sulfide) groups is 1. The summed E-state index contributed by atoms with van der Waals surface area (Å²) in [7, 11) is 1.42. The van der Waals surface area contributed by atoms with Crippen LogP contribution in [-0.2, 0) is 15.3 Å². The minimum absolute atomic E-state index is 0.00497. The number of hydrogen-bond acceptors (Lipinski definition) is 8. The molecule has 2 rings (SSSR count). The van der Waals surface area contributed by atoms with Crippen LogP contribution in [0.3, 0.4) is 0 Å². The number of methoxy groups -OCH3 is 1. The van der Waals surface area contributed by atoms with Gasteiger partial charge in [-0.2, -0.15) is 11.8 Å². The molecule has 1 aliphatic rings. The van der Waals surface area contributed by atoms with Gasteiger partial charge in [-0.15, -0.1) is 0 Å². The van der Waals surface area contributed by atoms with Gasteiger partial charge in [-0.3, -0.25) is 0 Å². The van der Waals surface area contributed by atoms with Crippen LogP contribution in [0.1, 0.15) is 22.3 Å². The van der Waals surface area contributed by atoms with Crippen molar-refractivity contribution in [2.45, 2.75) is 18.2 Å². The zero-order valence-electron chi connectivity index (χ0n) is 12.9. The van der Waals surface area contributed by atoms with Crippen LogP contribution in [0.4, 0.5) is 0 Å². The van der Waals surface area contributed by atoms with Crippen molar-refractivity contribution in [3.05, 3.63) is 23.3 Å². The normalized spacial score (nSPS) is 19.1. The molecule has 1 aromatic carbocycles. The first kappa shape index (κ1) is 18.3. The number of carbonyl (C=O) groups is 2. The number of hydrogen-bond donors (Lipinski definition) is 2. The summed E-state index contributed by atoms with van der Waals surface area (Å²) in [5.74, 6) is -1.26. The summed E-state index contributed by atoms with van der Waals surface area (Å²) >= 11 is 6.27. The highest BCUT2D eigenvalue weighted by molar-refractivity contribution is 7.98. The summed E-state index contributed by atoms with van der Waals surface area (Å²) in [6, 6.07) is 1.92. The summed E-state index contributed by atoms with van der Waals surface area (Å²) in [6.45, 7) is -0.00497. The van der Waals surface area contributed by atoms with E-state index in [1.807, 2.05) is 0 Å². The molecule has 24 heavy (non-hydrogen) atoms. The third-order valence-electron chi connectivity index (χ3n) is 3.37. The van der Waals surface area contributed by atoms with Gasteiger partial charge in [-0.25, -0.2) is 4.79 Å². The van der Waals surface area contributed by atoms with Gasteiger partial charge in [0.05, 0.1) is 36.3 Å². The fourth-order valence-electron chi connectivity index (χ4n) is 2.11. The first-order chi connectivity index (χ1) is 11.4. The molecule has 7 nitrogen and oxygen atoms in total. The molecule has 1 heterocycles. The van der Waals surface area contributed by atoms with E-state index in [-0.39, 0.29) is 40.8 Å². The maximum absolute atomic E-state index is 12.3. The summed E-state index contributed by atoms with van der Waals surface area (Å²) in [4.78, 5) is 23.7. The number of carbonyl (C=O) groups excluding carboxylic acids is 2. The number of rotatable bonds is 2. The third-order valence-corrected chi connectivity index (χ3v) is 4.75. The average Bonchev–Trinajstić information content (AvgIpc) is 2.53. The average molecular weight is 370 g/mol. The molecule has 0 spiro atoms. The summed E-state index contributed by atoms with van der Waals surface area (Å²) in [5.41, 5.74) is 0.551. The Morgan fingerprint density at radius 3 is 2.96 bits per heavy atom. The molecule has 0 radical (unpaired) electrons. The van der Waals surface area contributed by atoms with Crippen LogP contribution in [-0.4, -0.2) is 47.5 Å². The van der Waals surface area contributed by atoms with Crippen LogP contribution in [0.5, 0.6) is 11.5 Å². The fourth-order valence-corrected chi connectivity index (χ4v) is 3.42. The quantitative estimate of drug-likeness (QED) is 0.558.